The van der Waals surface area contributed by atoms with Crippen LogP contribution < -0.4 is 5.73 Å². The lowest BCUT2D eigenvalue weighted by atomic mass is 10.0. The van der Waals surface area contributed by atoms with Gasteiger partial charge in [0.25, 0.3) is 0 Å². The predicted molar refractivity (Wildman–Crippen MR) is 47.9 cm³/mol. The SMILES string of the molecule is CCc1[c]c(C)cc(C(N)=O)c1. The van der Waals surface area contributed by atoms with Crippen molar-refractivity contribution >= 4 is 5.91 Å². The zero-order valence-corrected chi connectivity index (χ0v) is 7.35. The second kappa shape index (κ2) is 3.39. The molecule has 0 aliphatic heterocycles. The van der Waals surface area contributed by atoms with Crippen LogP contribution in [0.15, 0.2) is 12.1 Å². The highest BCUT2D eigenvalue weighted by Crippen LogP contribution is 2.08. The summed E-state index contributed by atoms with van der Waals surface area (Å²) in [5.41, 5.74) is 7.72. The van der Waals surface area contributed by atoms with Crippen molar-refractivity contribution in [3.63, 3.8) is 0 Å². The maximum Gasteiger partial charge on any atom is 0.248 e. The van der Waals surface area contributed by atoms with E-state index < -0.39 is 0 Å². The Kier molecular flexibility index (Phi) is 2.48. The highest BCUT2D eigenvalue weighted by Gasteiger charge is 2.02. The third-order valence-electron chi connectivity index (χ3n) is 1.72. The molecule has 0 heterocycles. The lowest BCUT2D eigenvalue weighted by Gasteiger charge is -2.01. The fourth-order valence-electron chi connectivity index (χ4n) is 1.12. The minimum Gasteiger partial charge on any atom is -0.366 e. The van der Waals surface area contributed by atoms with Gasteiger partial charge in [0, 0.05) is 5.56 Å². The number of benzene rings is 1. The third-order valence-corrected chi connectivity index (χ3v) is 1.72. The smallest absolute Gasteiger partial charge is 0.248 e. The topological polar surface area (TPSA) is 43.1 Å². The molecule has 2 heteroatoms. The second-order valence-electron chi connectivity index (χ2n) is 2.80. The zero-order valence-electron chi connectivity index (χ0n) is 7.35. The molecule has 63 valence electrons. The summed E-state index contributed by atoms with van der Waals surface area (Å²) < 4.78 is 0. The number of nitrogens with two attached hydrogens (primary N) is 1. The van der Waals surface area contributed by atoms with Crippen molar-refractivity contribution in [2.45, 2.75) is 20.3 Å². The van der Waals surface area contributed by atoms with Crippen molar-refractivity contribution in [2.75, 3.05) is 0 Å². The molecule has 1 rings (SSSR count). The summed E-state index contributed by atoms with van der Waals surface area (Å²) in [7, 11) is 0. The Morgan fingerprint density at radius 2 is 2.25 bits per heavy atom. The summed E-state index contributed by atoms with van der Waals surface area (Å²) in [6.45, 7) is 3.93. The quantitative estimate of drug-likeness (QED) is 0.702. The van der Waals surface area contributed by atoms with Gasteiger partial charge in [-0.1, -0.05) is 6.92 Å². The predicted octanol–water partition coefficient (Wildman–Crippen LogP) is 1.46. The van der Waals surface area contributed by atoms with Crippen LogP contribution >= 0.6 is 0 Å². The van der Waals surface area contributed by atoms with Gasteiger partial charge >= 0.3 is 0 Å². The molecule has 12 heavy (non-hydrogen) atoms. The van der Waals surface area contributed by atoms with E-state index in [9.17, 15) is 4.79 Å². The molecule has 0 atom stereocenters. The van der Waals surface area contributed by atoms with Crippen LogP contribution in [-0.2, 0) is 6.42 Å². The van der Waals surface area contributed by atoms with Gasteiger partial charge in [-0.25, -0.2) is 0 Å². The van der Waals surface area contributed by atoms with E-state index in [-0.39, 0.29) is 5.91 Å². The average molecular weight is 162 g/mol. The maximum atomic E-state index is 10.8. The highest BCUT2D eigenvalue weighted by atomic mass is 16.1. The van der Waals surface area contributed by atoms with Crippen molar-refractivity contribution in [3.8, 4) is 0 Å². The van der Waals surface area contributed by atoms with Crippen molar-refractivity contribution in [1.29, 1.82) is 0 Å². The lowest BCUT2D eigenvalue weighted by molar-refractivity contribution is 0.1000. The minimum atomic E-state index is -0.373. The normalized spacial score (nSPS) is 9.83. The number of primary amides is 1. The van der Waals surface area contributed by atoms with Crippen LogP contribution in [0.2, 0.25) is 0 Å². The van der Waals surface area contributed by atoms with Crippen molar-refractivity contribution in [2.24, 2.45) is 5.73 Å². The first-order chi connectivity index (χ1) is 5.63. The number of carbonyl (C=O) groups excluding carboxylic acids is 1. The third kappa shape index (κ3) is 1.84. The Bertz CT molecular complexity index is 305. The molecule has 1 aromatic rings. The minimum absolute atomic E-state index is 0.373. The van der Waals surface area contributed by atoms with Gasteiger partial charge in [-0.05, 0) is 42.7 Å². The summed E-state index contributed by atoms with van der Waals surface area (Å²) in [4.78, 5) is 10.8. The van der Waals surface area contributed by atoms with Crippen LogP contribution in [0.1, 0.15) is 28.4 Å². The van der Waals surface area contributed by atoms with Gasteiger partial charge in [0.2, 0.25) is 5.91 Å². The fraction of sp³-hybridized carbons (Fsp3) is 0.300. The van der Waals surface area contributed by atoms with Crippen molar-refractivity contribution in [1.82, 2.24) is 0 Å². The lowest BCUT2D eigenvalue weighted by Crippen LogP contribution is -2.11. The molecule has 2 N–H and O–H groups in total. The molecule has 0 aliphatic carbocycles. The van der Waals surface area contributed by atoms with E-state index in [4.69, 9.17) is 5.73 Å². The van der Waals surface area contributed by atoms with Crippen LogP contribution in [0.4, 0.5) is 0 Å². The number of carbonyl (C=O) groups is 1. The largest absolute Gasteiger partial charge is 0.366 e. The molecular formula is C10H12NO. The van der Waals surface area contributed by atoms with Crippen LogP contribution in [0.3, 0.4) is 0 Å². The van der Waals surface area contributed by atoms with Crippen LogP contribution in [0.25, 0.3) is 0 Å². The maximum absolute atomic E-state index is 10.8. The molecule has 0 saturated heterocycles. The van der Waals surface area contributed by atoms with Gasteiger partial charge in [-0.3, -0.25) is 4.79 Å². The second-order valence-corrected chi connectivity index (χ2v) is 2.80. The molecular weight excluding hydrogens is 150 g/mol. The van der Waals surface area contributed by atoms with E-state index in [1.54, 1.807) is 12.1 Å². The molecule has 0 fully saturated rings. The van der Waals surface area contributed by atoms with E-state index in [0.717, 1.165) is 17.5 Å². The van der Waals surface area contributed by atoms with E-state index in [2.05, 4.69) is 6.07 Å². The summed E-state index contributed by atoms with van der Waals surface area (Å²) in [5.74, 6) is -0.373. The number of rotatable bonds is 2. The molecule has 0 spiro atoms. The van der Waals surface area contributed by atoms with Gasteiger partial charge in [0.1, 0.15) is 0 Å². The van der Waals surface area contributed by atoms with Gasteiger partial charge in [0.15, 0.2) is 0 Å². The van der Waals surface area contributed by atoms with Gasteiger partial charge in [-0.2, -0.15) is 0 Å². The molecule has 1 radical (unpaired) electrons. The first kappa shape index (κ1) is 8.78. The molecule has 0 bridgehead atoms. The Balaban J connectivity index is 3.15. The van der Waals surface area contributed by atoms with Crippen LogP contribution in [-0.4, -0.2) is 5.91 Å². The summed E-state index contributed by atoms with van der Waals surface area (Å²) >= 11 is 0. The summed E-state index contributed by atoms with van der Waals surface area (Å²) in [6, 6.07) is 6.68. The number of aryl methyl sites for hydroxylation is 2. The Hall–Kier alpha value is -1.31. The summed E-state index contributed by atoms with van der Waals surface area (Å²) in [5, 5.41) is 0. The van der Waals surface area contributed by atoms with Crippen molar-refractivity contribution in [3.05, 3.63) is 34.9 Å². The Morgan fingerprint density at radius 3 is 2.75 bits per heavy atom. The first-order valence-electron chi connectivity index (χ1n) is 3.96. The van der Waals surface area contributed by atoms with Crippen molar-refractivity contribution < 1.29 is 4.79 Å². The molecule has 0 saturated carbocycles. The number of hydrogen-bond acceptors (Lipinski definition) is 1. The highest BCUT2D eigenvalue weighted by molar-refractivity contribution is 5.93. The molecule has 1 aromatic carbocycles. The fourth-order valence-corrected chi connectivity index (χ4v) is 1.12. The van der Waals surface area contributed by atoms with E-state index >= 15 is 0 Å². The molecule has 0 aromatic heterocycles. The van der Waals surface area contributed by atoms with E-state index in [0.29, 0.717) is 5.56 Å². The summed E-state index contributed by atoms with van der Waals surface area (Å²) in [6.07, 6.45) is 0.877. The Labute approximate surface area is 72.4 Å². The van der Waals surface area contributed by atoms with E-state index in [1.807, 2.05) is 13.8 Å². The van der Waals surface area contributed by atoms with E-state index in [1.165, 1.54) is 0 Å². The molecule has 0 aliphatic rings. The monoisotopic (exact) mass is 162 g/mol. The molecule has 0 unspecified atom stereocenters. The standard InChI is InChI=1S/C10H12NO/c1-3-8-4-7(2)5-9(6-8)10(11)12/h5-6H,3H2,1-2H3,(H2,11,12). The van der Waals surface area contributed by atoms with Crippen LogP contribution in [0.5, 0.6) is 0 Å². The van der Waals surface area contributed by atoms with Gasteiger partial charge in [-0.15, -0.1) is 0 Å². The molecule has 2 nitrogen and oxygen atoms in total. The average Bonchev–Trinajstić information content (AvgIpc) is 2.03. The number of amides is 1. The number of hydrogen-bond donors (Lipinski definition) is 1. The zero-order chi connectivity index (χ0) is 9.14. The van der Waals surface area contributed by atoms with Gasteiger partial charge < -0.3 is 5.73 Å². The molecule has 1 amide bonds. The van der Waals surface area contributed by atoms with Gasteiger partial charge in [0.05, 0.1) is 0 Å². The Morgan fingerprint density at radius 1 is 1.58 bits per heavy atom. The first-order valence-corrected chi connectivity index (χ1v) is 3.96. The van der Waals surface area contributed by atoms with Crippen LogP contribution in [0, 0.1) is 13.0 Å².